The molecule has 2 aromatic rings. The smallest absolute Gasteiger partial charge is 0.407 e. The molecule has 22 heavy (non-hydrogen) atoms. The van der Waals surface area contributed by atoms with Crippen molar-refractivity contribution in [3.05, 3.63) is 34.7 Å². The van der Waals surface area contributed by atoms with Crippen molar-refractivity contribution in [2.45, 2.75) is 25.7 Å². The molecule has 1 saturated heterocycles. The van der Waals surface area contributed by atoms with Gasteiger partial charge < -0.3 is 14.5 Å². The number of benzene rings is 1. The normalized spacial score (nSPS) is 16.0. The summed E-state index contributed by atoms with van der Waals surface area (Å²) in [5, 5.41) is 13.7. The third-order valence-electron chi connectivity index (χ3n) is 4.07. The zero-order chi connectivity index (χ0) is 15.7. The Morgan fingerprint density at radius 3 is 2.82 bits per heavy atom. The van der Waals surface area contributed by atoms with E-state index in [0.717, 1.165) is 11.1 Å². The maximum atomic E-state index is 10.9. The number of piperidine rings is 1. The molecule has 1 aliphatic rings. The van der Waals surface area contributed by atoms with E-state index < -0.39 is 6.09 Å². The van der Waals surface area contributed by atoms with Crippen LogP contribution in [0.15, 0.2) is 22.7 Å². The van der Waals surface area contributed by atoms with E-state index in [1.165, 1.54) is 4.90 Å². The van der Waals surface area contributed by atoms with Crippen molar-refractivity contribution in [2.24, 2.45) is 0 Å². The predicted octanol–water partition coefficient (Wildman–Crippen LogP) is 3.56. The van der Waals surface area contributed by atoms with Crippen molar-refractivity contribution in [1.29, 1.82) is 0 Å². The molecule has 0 atom stereocenters. The molecule has 6 nitrogen and oxygen atoms in total. The van der Waals surface area contributed by atoms with E-state index in [4.69, 9.17) is 21.2 Å². The molecule has 1 aliphatic heterocycles. The third kappa shape index (κ3) is 2.78. The average molecular weight is 322 g/mol. The number of carbonyl (C=O) groups is 1. The lowest BCUT2D eigenvalue weighted by molar-refractivity contribution is 0.128. The van der Waals surface area contributed by atoms with E-state index >= 15 is 0 Å². The molecule has 0 aliphatic carbocycles. The van der Waals surface area contributed by atoms with Gasteiger partial charge in [0.2, 0.25) is 11.7 Å². The third-order valence-corrected chi connectivity index (χ3v) is 4.47. The van der Waals surface area contributed by atoms with Gasteiger partial charge in [-0.3, -0.25) is 0 Å². The molecule has 2 heterocycles. The zero-order valence-corrected chi connectivity index (χ0v) is 12.9. The van der Waals surface area contributed by atoms with Crippen LogP contribution in [0.3, 0.4) is 0 Å². The minimum atomic E-state index is -0.876. The van der Waals surface area contributed by atoms with Crippen molar-refractivity contribution in [2.75, 3.05) is 13.1 Å². The van der Waals surface area contributed by atoms with E-state index in [9.17, 15) is 4.79 Å². The fourth-order valence-electron chi connectivity index (χ4n) is 2.68. The highest BCUT2D eigenvalue weighted by Crippen LogP contribution is 2.30. The molecule has 1 aromatic heterocycles. The molecule has 0 radical (unpaired) electrons. The summed E-state index contributed by atoms with van der Waals surface area (Å²) in [7, 11) is 0. The van der Waals surface area contributed by atoms with Crippen LogP contribution in [-0.2, 0) is 0 Å². The molecule has 116 valence electrons. The quantitative estimate of drug-likeness (QED) is 0.914. The number of hydrogen-bond acceptors (Lipinski definition) is 4. The maximum Gasteiger partial charge on any atom is 0.407 e. The second-order valence-electron chi connectivity index (χ2n) is 5.41. The fraction of sp³-hybridized carbons (Fsp3) is 0.400. The topological polar surface area (TPSA) is 79.5 Å². The number of carboxylic acid groups (broad SMARTS) is 1. The summed E-state index contributed by atoms with van der Waals surface area (Å²) in [4.78, 5) is 16.8. The standard InChI is InChI=1S/C15H16ClN3O3/c1-9-11(3-2-4-12(9)16)13-17-14(22-18-13)10-5-7-19(8-6-10)15(20)21/h2-4,10H,5-8H2,1H3,(H,20,21). The minimum Gasteiger partial charge on any atom is -0.465 e. The first kappa shape index (κ1) is 14.8. The van der Waals surface area contributed by atoms with Gasteiger partial charge in [0.25, 0.3) is 0 Å². The highest BCUT2D eigenvalue weighted by atomic mass is 35.5. The lowest BCUT2D eigenvalue weighted by Crippen LogP contribution is -2.36. The van der Waals surface area contributed by atoms with Gasteiger partial charge in [0, 0.05) is 29.6 Å². The monoisotopic (exact) mass is 321 g/mol. The van der Waals surface area contributed by atoms with Crippen LogP contribution in [0.25, 0.3) is 11.4 Å². The van der Waals surface area contributed by atoms with E-state index in [0.29, 0.717) is 42.7 Å². The number of nitrogens with zero attached hydrogens (tertiary/aromatic N) is 3. The SMILES string of the molecule is Cc1c(Cl)cccc1-c1noc(C2CCN(C(=O)O)CC2)n1. The molecular weight excluding hydrogens is 306 g/mol. The molecule has 1 aromatic carbocycles. The van der Waals surface area contributed by atoms with Gasteiger partial charge in [0.05, 0.1) is 0 Å². The second kappa shape index (κ2) is 5.96. The van der Waals surface area contributed by atoms with Crippen molar-refractivity contribution >= 4 is 17.7 Å². The lowest BCUT2D eigenvalue weighted by atomic mass is 9.97. The molecule has 0 spiro atoms. The van der Waals surface area contributed by atoms with E-state index in [-0.39, 0.29) is 5.92 Å². The number of likely N-dealkylation sites (tertiary alicyclic amines) is 1. The van der Waals surface area contributed by atoms with Crippen LogP contribution in [0.4, 0.5) is 4.79 Å². The van der Waals surface area contributed by atoms with Gasteiger partial charge in [-0.25, -0.2) is 4.79 Å². The number of amides is 1. The molecule has 1 amide bonds. The highest BCUT2D eigenvalue weighted by Gasteiger charge is 2.27. The van der Waals surface area contributed by atoms with Crippen LogP contribution in [0.5, 0.6) is 0 Å². The van der Waals surface area contributed by atoms with E-state index in [1.807, 2.05) is 25.1 Å². The van der Waals surface area contributed by atoms with Crippen LogP contribution >= 0.6 is 11.6 Å². The van der Waals surface area contributed by atoms with Crippen molar-refractivity contribution in [1.82, 2.24) is 15.0 Å². The molecule has 0 unspecified atom stereocenters. The van der Waals surface area contributed by atoms with Gasteiger partial charge in [-0.2, -0.15) is 4.98 Å². The summed E-state index contributed by atoms with van der Waals surface area (Å²) in [6.45, 7) is 2.90. The van der Waals surface area contributed by atoms with Gasteiger partial charge in [-0.1, -0.05) is 28.9 Å². The Kier molecular flexibility index (Phi) is 4.02. The first-order valence-corrected chi connectivity index (χ1v) is 7.51. The molecule has 1 fully saturated rings. The summed E-state index contributed by atoms with van der Waals surface area (Å²) < 4.78 is 5.38. The average Bonchev–Trinajstić information content (AvgIpc) is 3.00. The van der Waals surface area contributed by atoms with Crippen molar-refractivity contribution in [3.63, 3.8) is 0 Å². The summed E-state index contributed by atoms with van der Waals surface area (Å²) in [5.41, 5.74) is 1.77. The zero-order valence-electron chi connectivity index (χ0n) is 12.1. The van der Waals surface area contributed by atoms with Crippen LogP contribution in [0.2, 0.25) is 5.02 Å². The van der Waals surface area contributed by atoms with Gasteiger partial charge >= 0.3 is 6.09 Å². The molecule has 1 N–H and O–H groups in total. The van der Waals surface area contributed by atoms with E-state index in [1.54, 1.807) is 0 Å². The largest absolute Gasteiger partial charge is 0.465 e. The molecule has 0 bridgehead atoms. The highest BCUT2D eigenvalue weighted by molar-refractivity contribution is 6.31. The number of halogens is 1. The number of aromatic nitrogens is 2. The minimum absolute atomic E-state index is 0.108. The van der Waals surface area contributed by atoms with Gasteiger partial charge in [-0.15, -0.1) is 0 Å². The van der Waals surface area contributed by atoms with Gasteiger partial charge in [0.15, 0.2) is 0 Å². The summed E-state index contributed by atoms with van der Waals surface area (Å²) in [6, 6.07) is 5.58. The van der Waals surface area contributed by atoms with Crippen LogP contribution in [-0.4, -0.2) is 39.3 Å². The Balaban J connectivity index is 1.77. The van der Waals surface area contributed by atoms with Crippen LogP contribution in [0, 0.1) is 6.92 Å². The molecule has 7 heteroatoms. The molecular formula is C15H16ClN3O3. The van der Waals surface area contributed by atoms with Gasteiger partial charge in [-0.05, 0) is 31.4 Å². The number of hydrogen-bond donors (Lipinski definition) is 1. The Bertz CT molecular complexity index is 693. The van der Waals surface area contributed by atoms with Gasteiger partial charge in [0.1, 0.15) is 0 Å². The Hall–Kier alpha value is -2.08. The Morgan fingerprint density at radius 1 is 1.41 bits per heavy atom. The summed E-state index contributed by atoms with van der Waals surface area (Å²) in [5.74, 6) is 1.20. The lowest BCUT2D eigenvalue weighted by Gasteiger charge is -2.27. The Morgan fingerprint density at radius 2 is 2.14 bits per heavy atom. The maximum absolute atomic E-state index is 10.9. The van der Waals surface area contributed by atoms with Crippen LogP contribution < -0.4 is 0 Å². The first-order chi connectivity index (χ1) is 10.6. The predicted molar refractivity (Wildman–Crippen MR) is 81.1 cm³/mol. The second-order valence-corrected chi connectivity index (χ2v) is 5.82. The van der Waals surface area contributed by atoms with Crippen molar-refractivity contribution in [3.8, 4) is 11.4 Å². The Labute approximate surface area is 132 Å². The first-order valence-electron chi connectivity index (χ1n) is 7.13. The van der Waals surface area contributed by atoms with E-state index in [2.05, 4.69) is 10.1 Å². The fourth-order valence-corrected chi connectivity index (χ4v) is 2.85. The summed E-state index contributed by atoms with van der Waals surface area (Å²) in [6.07, 6.45) is 0.518. The number of rotatable bonds is 2. The molecule has 0 saturated carbocycles. The summed E-state index contributed by atoms with van der Waals surface area (Å²) >= 11 is 6.12. The molecule has 3 rings (SSSR count). The van der Waals surface area contributed by atoms with Crippen molar-refractivity contribution < 1.29 is 14.4 Å². The van der Waals surface area contributed by atoms with Crippen LogP contribution in [0.1, 0.15) is 30.2 Å².